The van der Waals surface area contributed by atoms with Crippen LogP contribution in [0.4, 0.5) is 15.8 Å². The van der Waals surface area contributed by atoms with Crippen molar-refractivity contribution in [1.29, 1.82) is 0 Å². The minimum absolute atomic E-state index is 0.0216. The standard InChI is InChI=1S/C21H17BrFN3O2/c1-12-17(7-9-19(24-12)14-4-3-5-15(22)10-14)21(28)26-20-11-16(25-13(2)27)6-8-18(20)23/h3-11H,1-2H3,(H,25,27)(H,26,28). The third-order valence-electron chi connectivity index (χ3n) is 3.99. The first-order chi connectivity index (χ1) is 13.3. The Morgan fingerprint density at radius 2 is 1.82 bits per heavy atom. The fourth-order valence-corrected chi connectivity index (χ4v) is 3.10. The summed E-state index contributed by atoms with van der Waals surface area (Å²) < 4.78 is 15.0. The van der Waals surface area contributed by atoms with Crippen molar-refractivity contribution < 1.29 is 14.0 Å². The summed E-state index contributed by atoms with van der Waals surface area (Å²) in [5.41, 5.74) is 2.87. The number of hydrogen-bond acceptors (Lipinski definition) is 3. The molecule has 0 saturated carbocycles. The molecule has 2 aromatic carbocycles. The van der Waals surface area contributed by atoms with Gasteiger partial charge < -0.3 is 10.6 Å². The van der Waals surface area contributed by atoms with Crippen LogP contribution in [-0.4, -0.2) is 16.8 Å². The van der Waals surface area contributed by atoms with Crippen molar-refractivity contribution >= 4 is 39.1 Å². The van der Waals surface area contributed by atoms with Gasteiger partial charge in [-0.25, -0.2) is 4.39 Å². The molecule has 0 bridgehead atoms. The predicted octanol–water partition coefficient (Wildman–Crippen LogP) is 5.17. The normalized spacial score (nSPS) is 10.4. The van der Waals surface area contributed by atoms with Gasteiger partial charge in [-0.15, -0.1) is 0 Å². The zero-order chi connectivity index (χ0) is 20.3. The molecule has 0 radical (unpaired) electrons. The Labute approximate surface area is 170 Å². The van der Waals surface area contributed by atoms with E-state index >= 15 is 0 Å². The third kappa shape index (κ3) is 4.61. The molecule has 2 N–H and O–H groups in total. The number of carbonyl (C=O) groups is 2. The quantitative estimate of drug-likeness (QED) is 0.586. The number of benzene rings is 2. The Morgan fingerprint density at radius 3 is 2.50 bits per heavy atom. The van der Waals surface area contributed by atoms with E-state index in [9.17, 15) is 14.0 Å². The summed E-state index contributed by atoms with van der Waals surface area (Å²) in [6.07, 6.45) is 0. The van der Waals surface area contributed by atoms with Gasteiger partial charge in [0.2, 0.25) is 5.91 Å². The number of pyridine rings is 1. The van der Waals surface area contributed by atoms with Gasteiger partial charge in [-0.05, 0) is 49.4 Å². The maximum absolute atomic E-state index is 14.1. The van der Waals surface area contributed by atoms with Gasteiger partial charge in [0.1, 0.15) is 5.82 Å². The van der Waals surface area contributed by atoms with E-state index in [1.165, 1.54) is 25.1 Å². The van der Waals surface area contributed by atoms with Gasteiger partial charge >= 0.3 is 0 Å². The topological polar surface area (TPSA) is 71.1 Å². The van der Waals surface area contributed by atoms with Crippen LogP contribution in [0.25, 0.3) is 11.3 Å². The van der Waals surface area contributed by atoms with Crippen LogP contribution in [0.15, 0.2) is 59.1 Å². The van der Waals surface area contributed by atoms with Gasteiger partial charge in [0.25, 0.3) is 5.91 Å². The first-order valence-corrected chi connectivity index (χ1v) is 9.25. The van der Waals surface area contributed by atoms with Crippen molar-refractivity contribution in [2.24, 2.45) is 0 Å². The lowest BCUT2D eigenvalue weighted by atomic mass is 10.1. The van der Waals surface area contributed by atoms with E-state index in [0.29, 0.717) is 16.9 Å². The highest BCUT2D eigenvalue weighted by atomic mass is 79.9. The van der Waals surface area contributed by atoms with Crippen molar-refractivity contribution in [3.05, 3.63) is 76.1 Å². The van der Waals surface area contributed by atoms with Crippen LogP contribution in [0, 0.1) is 12.7 Å². The molecule has 0 aliphatic heterocycles. The number of nitrogens with one attached hydrogen (secondary N) is 2. The zero-order valence-electron chi connectivity index (χ0n) is 15.2. The Morgan fingerprint density at radius 1 is 1.04 bits per heavy atom. The van der Waals surface area contributed by atoms with Crippen molar-refractivity contribution in [3.8, 4) is 11.3 Å². The van der Waals surface area contributed by atoms with Gasteiger partial charge in [-0.3, -0.25) is 14.6 Å². The molecule has 0 spiro atoms. The molecular formula is C21H17BrFN3O2. The van der Waals surface area contributed by atoms with E-state index in [-0.39, 0.29) is 11.6 Å². The van der Waals surface area contributed by atoms with E-state index in [2.05, 4.69) is 31.5 Å². The lowest BCUT2D eigenvalue weighted by Crippen LogP contribution is -2.16. The Balaban J connectivity index is 1.84. The SMILES string of the molecule is CC(=O)Nc1ccc(F)c(NC(=O)c2ccc(-c3cccc(Br)c3)nc2C)c1. The average Bonchev–Trinajstić information content (AvgIpc) is 2.64. The first kappa shape index (κ1) is 19.7. The number of aryl methyl sites for hydroxylation is 1. The Kier molecular flexibility index (Phi) is 5.84. The molecule has 0 fully saturated rings. The van der Waals surface area contributed by atoms with Crippen molar-refractivity contribution in [2.75, 3.05) is 10.6 Å². The average molecular weight is 442 g/mol. The van der Waals surface area contributed by atoms with E-state index in [1.54, 1.807) is 19.1 Å². The van der Waals surface area contributed by atoms with Crippen LogP contribution in [0.3, 0.4) is 0 Å². The molecule has 0 aliphatic carbocycles. The summed E-state index contributed by atoms with van der Waals surface area (Å²) in [7, 11) is 0. The highest BCUT2D eigenvalue weighted by molar-refractivity contribution is 9.10. The first-order valence-electron chi connectivity index (χ1n) is 8.45. The minimum Gasteiger partial charge on any atom is -0.326 e. The molecule has 0 aliphatic rings. The largest absolute Gasteiger partial charge is 0.326 e. The van der Waals surface area contributed by atoms with Crippen LogP contribution in [0.5, 0.6) is 0 Å². The summed E-state index contributed by atoms with van der Waals surface area (Å²) in [6, 6.07) is 15.1. The van der Waals surface area contributed by atoms with Crippen LogP contribution in [0.2, 0.25) is 0 Å². The molecule has 142 valence electrons. The number of nitrogens with zero attached hydrogens (tertiary/aromatic N) is 1. The maximum atomic E-state index is 14.1. The van der Waals surface area contributed by atoms with E-state index in [4.69, 9.17) is 0 Å². The van der Waals surface area contributed by atoms with E-state index in [0.717, 1.165) is 15.7 Å². The highest BCUT2D eigenvalue weighted by Gasteiger charge is 2.14. The number of hydrogen-bond donors (Lipinski definition) is 2. The second-order valence-electron chi connectivity index (χ2n) is 6.17. The second-order valence-corrected chi connectivity index (χ2v) is 7.09. The number of amides is 2. The third-order valence-corrected chi connectivity index (χ3v) is 4.48. The summed E-state index contributed by atoms with van der Waals surface area (Å²) in [4.78, 5) is 28.3. The Bertz CT molecular complexity index is 1070. The molecular weight excluding hydrogens is 425 g/mol. The fraction of sp³-hybridized carbons (Fsp3) is 0.0952. The molecule has 2 amide bonds. The molecule has 7 heteroatoms. The molecule has 3 aromatic rings. The fourth-order valence-electron chi connectivity index (χ4n) is 2.70. The molecule has 3 rings (SSSR count). The minimum atomic E-state index is -0.598. The number of aromatic nitrogens is 1. The lowest BCUT2D eigenvalue weighted by Gasteiger charge is -2.11. The molecule has 0 saturated heterocycles. The van der Waals surface area contributed by atoms with Crippen LogP contribution < -0.4 is 10.6 Å². The van der Waals surface area contributed by atoms with Gasteiger partial charge in [0.15, 0.2) is 0 Å². The van der Waals surface area contributed by atoms with Crippen molar-refractivity contribution in [2.45, 2.75) is 13.8 Å². The van der Waals surface area contributed by atoms with Crippen LogP contribution >= 0.6 is 15.9 Å². The molecule has 1 aromatic heterocycles. The smallest absolute Gasteiger partial charge is 0.257 e. The molecule has 28 heavy (non-hydrogen) atoms. The number of rotatable bonds is 4. The number of halogens is 2. The highest BCUT2D eigenvalue weighted by Crippen LogP contribution is 2.24. The van der Waals surface area contributed by atoms with Crippen molar-refractivity contribution in [3.63, 3.8) is 0 Å². The Hall–Kier alpha value is -3.06. The molecule has 0 unspecified atom stereocenters. The van der Waals surface area contributed by atoms with Gasteiger partial charge in [0, 0.05) is 22.6 Å². The monoisotopic (exact) mass is 441 g/mol. The number of carbonyl (C=O) groups excluding carboxylic acids is 2. The van der Waals surface area contributed by atoms with Crippen molar-refractivity contribution in [1.82, 2.24) is 4.98 Å². The molecule has 5 nitrogen and oxygen atoms in total. The van der Waals surface area contributed by atoms with E-state index in [1.807, 2.05) is 24.3 Å². The molecule has 0 atom stereocenters. The van der Waals surface area contributed by atoms with E-state index < -0.39 is 11.7 Å². The van der Waals surface area contributed by atoms with Gasteiger partial charge in [-0.2, -0.15) is 0 Å². The van der Waals surface area contributed by atoms with Gasteiger partial charge in [0.05, 0.1) is 22.6 Å². The van der Waals surface area contributed by atoms with Gasteiger partial charge in [-0.1, -0.05) is 28.1 Å². The van der Waals surface area contributed by atoms with Crippen LogP contribution in [-0.2, 0) is 4.79 Å². The molecule has 1 heterocycles. The lowest BCUT2D eigenvalue weighted by molar-refractivity contribution is -0.114. The zero-order valence-corrected chi connectivity index (χ0v) is 16.8. The summed E-state index contributed by atoms with van der Waals surface area (Å²) in [6.45, 7) is 3.07. The second kappa shape index (κ2) is 8.31. The van der Waals surface area contributed by atoms with Crippen LogP contribution in [0.1, 0.15) is 23.0 Å². The summed E-state index contributed by atoms with van der Waals surface area (Å²) in [5.74, 6) is -1.37. The predicted molar refractivity (Wildman–Crippen MR) is 111 cm³/mol. The summed E-state index contributed by atoms with van der Waals surface area (Å²) >= 11 is 3.43. The number of anilines is 2. The maximum Gasteiger partial charge on any atom is 0.257 e. The summed E-state index contributed by atoms with van der Waals surface area (Å²) in [5, 5.41) is 5.09.